The van der Waals surface area contributed by atoms with Crippen molar-refractivity contribution in [2.45, 2.75) is 45.4 Å². The smallest absolute Gasteiger partial charge is 0.136 e. The highest BCUT2D eigenvalue weighted by Crippen LogP contribution is 2.53. The Morgan fingerprint density at radius 2 is 1.18 bits per heavy atom. The highest BCUT2D eigenvalue weighted by Gasteiger charge is 2.37. The van der Waals surface area contributed by atoms with Gasteiger partial charge >= 0.3 is 0 Å². The van der Waals surface area contributed by atoms with Gasteiger partial charge in [0.15, 0.2) is 0 Å². The van der Waals surface area contributed by atoms with Gasteiger partial charge in [-0.25, -0.2) is 0 Å². The summed E-state index contributed by atoms with van der Waals surface area (Å²) in [5, 5.41) is 10.1. The topological polar surface area (TPSA) is 13.1 Å². The van der Waals surface area contributed by atoms with Crippen LogP contribution < -0.4 is 0 Å². The second-order valence-corrected chi connectivity index (χ2v) is 14.7. The normalized spacial score (nSPS) is 13.5. The number of hydrogen-bond acceptors (Lipinski definition) is 1. The predicted molar refractivity (Wildman–Crippen MR) is 213 cm³/mol. The molecular weight excluding hydrogens is 605 g/mol. The fraction of sp³-hybridized carbons (Fsp3) is 0.143. The summed E-state index contributed by atoms with van der Waals surface area (Å²) in [4.78, 5) is 0. The van der Waals surface area contributed by atoms with Crippen molar-refractivity contribution < 1.29 is 4.42 Å². The summed E-state index contributed by atoms with van der Waals surface area (Å²) >= 11 is 0. The SMILES string of the molecule is CCCCc1ccc2c3c(ccc2c1)-c1ccc(-c2c4ccccc4c(-c4cccc5oc6ccccc6c45)c4ccccc24)cc1C3(C)C. The molecule has 10 rings (SSSR count). The van der Waals surface area contributed by atoms with E-state index >= 15 is 0 Å². The summed E-state index contributed by atoms with van der Waals surface area (Å²) in [5.74, 6) is 0. The van der Waals surface area contributed by atoms with Gasteiger partial charge in [-0.15, -0.1) is 0 Å². The molecule has 9 aromatic rings. The van der Waals surface area contributed by atoms with Crippen LogP contribution in [0.1, 0.15) is 50.3 Å². The van der Waals surface area contributed by atoms with Gasteiger partial charge in [0, 0.05) is 16.2 Å². The molecule has 0 fully saturated rings. The molecule has 240 valence electrons. The predicted octanol–water partition coefficient (Wildman–Crippen LogP) is 14.0. The van der Waals surface area contributed by atoms with E-state index in [1.54, 1.807) is 0 Å². The molecule has 0 saturated heterocycles. The van der Waals surface area contributed by atoms with Crippen molar-refractivity contribution in [2.75, 3.05) is 0 Å². The van der Waals surface area contributed by atoms with Crippen LogP contribution in [0, 0.1) is 0 Å². The van der Waals surface area contributed by atoms with Gasteiger partial charge < -0.3 is 4.42 Å². The molecule has 0 bridgehead atoms. The standard InChI is InChI=1S/C49H38O/c1-4-5-13-30-22-25-33-31(28-30)23-27-39-34-26-24-32(29-42(34)49(2,3)48(33)39)45-35-14-6-8-16-37(35)46(38-17-9-7-15-36(38)45)41-19-12-21-44-47(41)40-18-10-11-20-43(40)50-44/h6-12,14-29H,4-5,13H2,1-3H3. The molecule has 0 spiro atoms. The Morgan fingerprint density at radius 3 is 1.92 bits per heavy atom. The maximum absolute atomic E-state index is 6.37. The van der Waals surface area contributed by atoms with Crippen molar-refractivity contribution in [3.8, 4) is 33.4 Å². The molecule has 0 amide bonds. The minimum Gasteiger partial charge on any atom is -0.456 e. The highest BCUT2D eigenvalue weighted by molar-refractivity contribution is 6.25. The molecule has 1 heteroatoms. The third kappa shape index (κ3) is 4.13. The molecular formula is C49H38O. The first-order valence-corrected chi connectivity index (χ1v) is 18.1. The number of unbranched alkanes of at least 4 members (excludes halogenated alkanes) is 1. The molecule has 1 aromatic heterocycles. The lowest BCUT2D eigenvalue weighted by atomic mass is 9.78. The van der Waals surface area contributed by atoms with Crippen LogP contribution in [0.15, 0.2) is 144 Å². The number of benzene rings is 8. The molecule has 0 aliphatic heterocycles. The van der Waals surface area contributed by atoms with Crippen LogP contribution in [0.3, 0.4) is 0 Å². The van der Waals surface area contributed by atoms with Gasteiger partial charge in [-0.1, -0.05) is 149 Å². The van der Waals surface area contributed by atoms with Crippen LogP contribution in [-0.2, 0) is 11.8 Å². The molecule has 1 aliphatic carbocycles. The average Bonchev–Trinajstić information content (AvgIpc) is 3.65. The Morgan fingerprint density at radius 1 is 0.520 bits per heavy atom. The van der Waals surface area contributed by atoms with Crippen molar-refractivity contribution in [2.24, 2.45) is 0 Å². The summed E-state index contributed by atoms with van der Waals surface area (Å²) in [6.07, 6.45) is 3.60. The van der Waals surface area contributed by atoms with E-state index in [0.29, 0.717) is 0 Å². The van der Waals surface area contributed by atoms with E-state index in [1.807, 2.05) is 6.07 Å². The number of rotatable bonds is 5. The van der Waals surface area contributed by atoms with Crippen LogP contribution in [0.2, 0.25) is 0 Å². The minimum absolute atomic E-state index is 0.130. The van der Waals surface area contributed by atoms with Crippen molar-refractivity contribution in [1.82, 2.24) is 0 Å². The number of fused-ring (bicyclic) bond motifs is 10. The third-order valence-electron chi connectivity index (χ3n) is 11.4. The molecule has 0 atom stereocenters. The monoisotopic (exact) mass is 642 g/mol. The summed E-state index contributed by atoms with van der Waals surface area (Å²) in [7, 11) is 0. The third-order valence-corrected chi connectivity index (χ3v) is 11.4. The van der Waals surface area contributed by atoms with Gasteiger partial charge in [0.05, 0.1) is 0 Å². The molecule has 1 nitrogen and oxygen atoms in total. The zero-order chi connectivity index (χ0) is 33.6. The van der Waals surface area contributed by atoms with Crippen molar-refractivity contribution in [3.63, 3.8) is 0 Å². The van der Waals surface area contributed by atoms with Crippen LogP contribution in [0.4, 0.5) is 0 Å². The summed E-state index contributed by atoms with van der Waals surface area (Å²) in [5.41, 5.74) is 13.8. The fourth-order valence-corrected chi connectivity index (χ4v) is 9.11. The van der Waals surface area contributed by atoms with Gasteiger partial charge in [-0.2, -0.15) is 0 Å². The van der Waals surface area contributed by atoms with Crippen molar-refractivity contribution in [1.29, 1.82) is 0 Å². The van der Waals surface area contributed by atoms with E-state index in [9.17, 15) is 0 Å². The molecule has 0 unspecified atom stereocenters. The molecule has 0 saturated carbocycles. The van der Waals surface area contributed by atoms with E-state index in [4.69, 9.17) is 4.42 Å². The van der Waals surface area contributed by atoms with Crippen LogP contribution >= 0.6 is 0 Å². The molecule has 50 heavy (non-hydrogen) atoms. The molecule has 1 aliphatic rings. The second kappa shape index (κ2) is 10.9. The second-order valence-electron chi connectivity index (χ2n) is 14.7. The van der Waals surface area contributed by atoms with Crippen LogP contribution in [0.25, 0.3) is 87.6 Å². The van der Waals surface area contributed by atoms with Crippen LogP contribution in [-0.4, -0.2) is 0 Å². The Kier molecular flexibility index (Phi) is 6.39. The van der Waals surface area contributed by atoms with E-state index in [1.165, 1.54) is 101 Å². The van der Waals surface area contributed by atoms with Crippen molar-refractivity contribution >= 4 is 54.3 Å². The molecule has 0 radical (unpaired) electrons. The van der Waals surface area contributed by atoms with E-state index in [0.717, 1.165) is 23.0 Å². The number of para-hydroxylation sites is 1. The summed E-state index contributed by atoms with van der Waals surface area (Å²) in [6.45, 7) is 7.10. The first-order valence-electron chi connectivity index (χ1n) is 18.1. The maximum Gasteiger partial charge on any atom is 0.136 e. The van der Waals surface area contributed by atoms with Gasteiger partial charge in [-0.05, 0) is 113 Å². The Hall–Kier alpha value is -5.66. The lowest BCUT2D eigenvalue weighted by molar-refractivity contribution is 0.666. The lowest BCUT2D eigenvalue weighted by Crippen LogP contribution is -2.15. The van der Waals surface area contributed by atoms with Gasteiger partial charge in [0.2, 0.25) is 0 Å². The number of aryl methyl sites for hydroxylation is 1. The number of hydrogen-bond donors (Lipinski definition) is 0. The Balaban J connectivity index is 1.21. The Bertz CT molecular complexity index is 2770. The number of furan rings is 1. The first-order chi connectivity index (χ1) is 24.5. The van der Waals surface area contributed by atoms with Crippen LogP contribution in [0.5, 0.6) is 0 Å². The maximum atomic E-state index is 6.37. The zero-order valence-electron chi connectivity index (χ0n) is 28.8. The van der Waals surface area contributed by atoms with Gasteiger partial charge in [-0.3, -0.25) is 0 Å². The highest BCUT2D eigenvalue weighted by atomic mass is 16.3. The molecule has 1 heterocycles. The average molecular weight is 643 g/mol. The molecule has 0 N–H and O–H groups in total. The lowest BCUT2D eigenvalue weighted by Gasteiger charge is -2.24. The Labute approximate surface area is 292 Å². The fourth-order valence-electron chi connectivity index (χ4n) is 9.11. The summed E-state index contributed by atoms with van der Waals surface area (Å²) in [6, 6.07) is 52.0. The van der Waals surface area contributed by atoms with E-state index in [-0.39, 0.29) is 5.41 Å². The van der Waals surface area contributed by atoms with Crippen molar-refractivity contribution in [3.05, 3.63) is 156 Å². The zero-order valence-corrected chi connectivity index (χ0v) is 28.8. The minimum atomic E-state index is -0.130. The largest absolute Gasteiger partial charge is 0.456 e. The molecule has 8 aromatic carbocycles. The summed E-state index contributed by atoms with van der Waals surface area (Å²) < 4.78 is 6.37. The van der Waals surface area contributed by atoms with E-state index in [2.05, 4.69) is 154 Å². The van der Waals surface area contributed by atoms with Gasteiger partial charge in [0.25, 0.3) is 0 Å². The van der Waals surface area contributed by atoms with Gasteiger partial charge in [0.1, 0.15) is 11.2 Å². The van der Waals surface area contributed by atoms with E-state index < -0.39 is 0 Å². The quantitative estimate of drug-likeness (QED) is 0.170. The first kappa shape index (κ1) is 29.3.